The van der Waals surface area contributed by atoms with E-state index < -0.39 is 11.6 Å². The Morgan fingerprint density at radius 1 is 0.605 bits per heavy atom. The number of rotatable bonds is 18. The molecule has 1 unspecified atom stereocenters. The molecule has 1 aliphatic carbocycles. The molecule has 1 aliphatic rings. The van der Waals surface area contributed by atoms with Crippen LogP contribution < -0.4 is 0 Å². The van der Waals surface area contributed by atoms with Gasteiger partial charge in [-0.1, -0.05) is 169 Å². The normalized spacial score (nSPS) is 16.4. The van der Waals surface area contributed by atoms with Gasteiger partial charge in [-0.25, -0.2) is 8.78 Å². The highest BCUT2D eigenvalue weighted by atomic mass is 19.2. The van der Waals surface area contributed by atoms with Crippen molar-refractivity contribution < 1.29 is 13.5 Å². The van der Waals surface area contributed by atoms with Crippen LogP contribution in [0.1, 0.15) is 109 Å². The lowest BCUT2D eigenvalue weighted by atomic mass is 9.84. The minimum absolute atomic E-state index is 0.279. The van der Waals surface area contributed by atoms with Crippen LogP contribution >= 0.6 is 0 Å². The van der Waals surface area contributed by atoms with Crippen LogP contribution in [0, 0.1) is 11.6 Å². The molecule has 4 rings (SSSR count). The summed E-state index contributed by atoms with van der Waals surface area (Å²) in [4.78, 5) is 0. The van der Waals surface area contributed by atoms with Crippen LogP contribution in [0.2, 0.25) is 0 Å². The Labute approximate surface area is 259 Å². The Hall–Kier alpha value is -3.04. The van der Waals surface area contributed by atoms with Crippen molar-refractivity contribution >= 4 is 5.57 Å². The van der Waals surface area contributed by atoms with Gasteiger partial charge >= 0.3 is 0 Å². The molecule has 0 saturated carbocycles. The number of allylic oxidation sites excluding steroid dienone is 2. The van der Waals surface area contributed by atoms with Crippen molar-refractivity contribution in [3.8, 4) is 22.3 Å². The molecule has 0 fully saturated rings. The summed E-state index contributed by atoms with van der Waals surface area (Å²) in [6.45, 7) is 5.23. The minimum Gasteiger partial charge on any atom is -0.371 e. The number of halogens is 2. The van der Waals surface area contributed by atoms with Crippen molar-refractivity contribution in [2.75, 3.05) is 6.61 Å². The lowest BCUT2D eigenvalue weighted by Gasteiger charge is -2.33. The Morgan fingerprint density at radius 3 is 1.81 bits per heavy atom. The number of unbranched alkanes of at least 4 members (excludes halogenated alkanes) is 10. The van der Waals surface area contributed by atoms with Crippen molar-refractivity contribution in [1.29, 1.82) is 0 Å². The van der Waals surface area contributed by atoms with Gasteiger partial charge in [0.2, 0.25) is 0 Å². The Morgan fingerprint density at radius 2 is 1.16 bits per heavy atom. The molecule has 0 heterocycles. The van der Waals surface area contributed by atoms with Crippen LogP contribution in [-0.2, 0) is 4.74 Å². The molecule has 0 saturated heterocycles. The first-order valence-corrected chi connectivity index (χ1v) is 16.7. The first-order valence-electron chi connectivity index (χ1n) is 16.7. The number of hydrogen-bond donors (Lipinski definition) is 0. The van der Waals surface area contributed by atoms with Gasteiger partial charge in [-0.3, -0.25) is 0 Å². The number of hydrogen-bond acceptors (Lipinski definition) is 1. The number of benzene rings is 3. The average Bonchev–Trinajstić information content (AvgIpc) is 3.05. The highest BCUT2D eigenvalue weighted by Crippen LogP contribution is 2.37. The van der Waals surface area contributed by atoms with E-state index >= 15 is 8.78 Å². The third-order valence-electron chi connectivity index (χ3n) is 8.77. The van der Waals surface area contributed by atoms with Gasteiger partial charge in [0.05, 0.1) is 5.60 Å². The van der Waals surface area contributed by atoms with Crippen LogP contribution in [0.5, 0.6) is 0 Å². The maximum absolute atomic E-state index is 15.5. The van der Waals surface area contributed by atoms with Crippen molar-refractivity contribution in [1.82, 2.24) is 0 Å². The third kappa shape index (κ3) is 9.47. The second-order valence-electron chi connectivity index (χ2n) is 12.1. The van der Waals surface area contributed by atoms with E-state index in [2.05, 4.69) is 19.9 Å². The molecule has 43 heavy (non-hydrogen) atoms. The molecular weight excluding hydrogens is 534 g/mol. The molecule has 0 aliphatic heterocycles. The van der Waals surface area contributed by atoms with E-state index in [0.29, 0.717) is 17.5 Å². The van der Waals surface area contributed by atoms with Gasteiger partial charge in [0.15, 0.2) is 11.6 Å². The van der Waals surface area contributed by atoms with E-state index in [1.807, 2.05) is 66.7 Å². The van der Waals surface area contributed by atoms with Gasteiger partial charge in [-0.2, -0.15) is 0 Å². The molecule has 1 atom stereocenters. The highest BCUT2D eigenvalue weighted by molar-refractivity contribution is 5.78. The zero-order chi connectivity index (χ0) is 30.3. The summed E-state index contributed by atoms with van der Waals surface area (Å²) in [5.74, 6) is -1.60. The Balaban J connectivity index is 1.42. The van der Waals surface area contributed by atoms with E-state index in [9.17, 15) is 0 Å². The zero-order valence-corrected chi connectivity index (χ0v) is 26.4. The molecule has 3 aromatic rings. The number of ether oxygens (including phenoxy) is 1. The second-order valence-corrected chi connectivity index (χ2v) is 12.1. The first-order chi connectivity index (χ1) is 21.1. The molecule has 0 bridgehead atoms. The minimum atomic E-state index is -0.803. The van der Waals surface area contributed by atoms with Crippen LogP contribution in [0.4, 0.5) is 8.78 Å². The van der Waals surface area contributed by atoms with E-state index in [1.165, 1.54) is 64.2 Å². The summed E-state index contributed by atoms with van der Waals surface area (Å²) in [6.07, 6.45) is 22.6. The first kappa shape index (κ1) is 32.9. The van der Waals surface area contributed by atoms with Crippen LogP contribution in [0.15, 0.2) is 85.0 Å². The SMILES string of the molecule is CCCCCCCCOC1(CCCCCCCC)C=CC(c2ccc(-c3ccc(-c4ccccc4)cc3)c(F)c2F)=CC1. The molecule has 0 aromatic heterocycles. The van der Waals surface area contributed by atoms with Crippen molar-refractivity contribution in [3.63, 3.8) is 0 Å². The summed E-state index contributed by atoms with van der Waals surface area (Å²) < 4.78 is 37.5. The lowest BCUT2D eigenvalue weighted by Crippen LogP contribution is -2.31. The molecule has 0 radical (unpaired) electrons. The van der Waals surface area contributed by atoms with E-state index in [-0.39, 0.29) is 11.2 Å². The van der Waals surface area contributed by atoms with E-state index in [1.54, 1.807) is 12.1 Å². The average molecular weight is 585 g/mol. The topological polar surface area (TPSA) is 9.23 Å². The van der Waals surface area contributed by atoms with Gasteiger partial charge in [0, 0.05) is 17.7 Å². The predicted molar refractivity (Wildman–Crippen MR) is 179 cm³/mol. The molecule has 230 valence electrons. The summed E-state index contributed by atoms with van der Waals surface area (Å²) in [6, 6.07) is 21.1. The largest absolute Gasteiger partial charge is 0.371 e. The van der Waals surface area contributed by atoms with Gasteiger partial charge in [-0.05, 0) is 41.5 Å². The zero-order valence-electron chi connectivity index (χ0n) is 26.4. The molecule has 3 heteroatoms. The standard InChI is InChI=1S/C40H50F2O/c1-3-5-7-9-11-16-28-40(43-31-17-12-10-8-6-4-2)29-26-35(27-30-40)37-25-24-36(38(41)39(37)42)34-22-20-33(21-23-34)32-18-14-13-15-19-32/h13-15,18-27,29H,3-12,16-17,28,30-31H2,1-2H3. The molecule has 3 aromatic carbocycles. The van der Waals surface area contributed by atoms with Gasteiger partial charge in [0.1, 0.15) is 0 Å². The maximum Gasteiger partial charge on any atom is 0.167 e. The van der Waals surface area contributed by atoms with Crippen molar-refractivity contribution in [3.05, 3.63) is 102 Å². The smallest absolute Gasteiger partial charge is 0.167 e. The lowest BCUT2D eigenvalue weighted by molar-refractivity contribution is -0.0165. The fraction of sp³-hybridized carbons (Fsp3) is 0.450. The van der Waals surface area contributed by atoms with Crippen molar-refractivity contribution in [2.24, 2.45) is 0 Å². The Kier molecular flexibility index (Phi) is 13.2. The van der Waals surface area contributed by atoms with Crippen LogP contribution in [-0.4, -0.2) is 12.2 Å². The summed E-state index contributed by atoms with van der Waals surface area (Å²) in [5.41, 5.74) is 3.76. The van der Waals surface area contributed by atoms with Crippen LogP contribution in [0.25, 0.3) is 27.8 Å². The highest BCUT2D eigenvalue weighted by Gasteiger charge is 2.30. The summed E-state index contributed by atoms with van der Waals surface area (Å²) in [7, 11) is 0. The monoisotopic (exact) mass is 584 g/mol. The molecule has 0 spiro atoms. The van der Waals surface area contributed by atoms with Gasteiger partial charge in [0.25, 0.3) is 0 Å². The van der Waals surface area contributed by atoms with E-state index in [4.69, 9.17) is 4.74 Å². The second kappa shape index (κ2) is 17.3. The maximum atomic E-state index is 15.5. The third-order valence-corrected chi connectivity index (χ3v) is 8.77. The van der Waals surface area contributed by atoms with Gasteiger partial charge < -0.3 is 4.74 Å². The fourth-order valence-electron chi connectivity index (χ4n) is 6.06. The van der Waals surface area contributed by atoms with Gasteiger partial charge in [-0.15, -0.1) is 0 Å². The molecule has 0 N–H and O–H groups in total. The van der Waals surface area contributed by atoms with Crippen LogP contribution in [0.3, 0.4) is 0 Å². The Bertz CT molecular complexity index is 1310. The van der Waals surface area contributed by atoms with E-state index in [0.717, 1.165) is 42.6 Å². The molecule has 1 nitrogen and oxygen atoms in total. The fourth-order valence-corrected chi connectivity index (χ4v) is 6.06. The molecule has 0 amide bonds. The summed E-state index contributed by atoms with van der Waals surface area (Å²) in [5, 5.41) is 0. The van der Waals surface area contributed by atoms with Crippen molar-refractivity contribution in [2.45, 2.75) is 109 Å². The summed E-state index contributed by atoms with van der Waals surface area (Å²) >= 11 is 0. The molecular formula is C40H50F2O. The quantitative estimate of drug-likeness (QED) is 0.135. The predicted octanol–water partition coefficient (Wildman–Crippen LogP) is 12.5.